The lowest BCUT2D eigenvalue weighted by molar-refractivity contribution is 0.122. The maximum Gasteiger partial charge on any atom is 0.271 e. The van der Waals surface area contributed by atoms with Crippen LogP contribution in [0.5, 0.6) is 0 Å². The van der Waals surface area contributed by atoms with E-state index in [1.165, 1.54) is 16.8 Å². The normalized spacial score (nSPS) is 13.8. The van der Waals surface area contributed by atoms with Gasteiger partial charge in [0, 0.05) is 30.9 Å². The van der Waals surface area contributed by atoms with Gasteiger partial charge in [-0.2, -0.15) is 0 Å². The first-order chi connectivity index (χ1) is 13.6. The number of halogens is 2. The average Bonchev–Trinajstić information content (AvgIpc) is 3.11. The van der Waals surface area contributed by atoms with Gasteiger partial charge in [0.2, 0.25) is 5.95 Å². The summed E-state index contributed by atoms with van der Waals surface area (Å²) in [6.07, 6.45) is 1.68. The maximum atomic E-state index is 14.0. The molecule has 1 saturated heterocycles. The number of hydrogen-bond acceptors (Lipinski definition) is 5. The third-order valence-electron chi connectivity index (χ3n) is 4.36. The molecule has 3 heterocycles. The number of hydrogen-bond donors (Lipinski definition) is 1. The summed E-state index contributed by atoms with van der Waals surface area (Å²) < 4.78 is 30.0. The summed E-state index contributed by atoms with van der Waals surface area (Å²) in [6.45, 7) is 4.67. The lowest BCUT2D eigenvalue weighted by atomic mass is 10.2. The van der Waals surface area contributed by atoms with Gasteiger partial charge < -0.3 is 9.64 Å². The van der Waals surface area contributed by atoms with Crippen LogP contribution in [0, 0.1) is 12.7 Å². The van der Waals surface area contributed by atoms with Crippen LogP contribution in [0.2, 0.25) is 0 Å². The molecule has 1 aliphatic rings. The van der Waals surface area contributed by atoms with E-state index < -0.39 is 5.82 Å². The third kappa shape index (κ3) is 3.94. The van der Waals surface area contributed by atoms with Crippen molar-refractivity contribution in [1.82, 2.24) is 19.7 Å². The smallest absolute Gasteiger partial charge is 0.271 e. The Morgan fingerprint density at radius 3 is 2.57 bits per heavy atom. The van der Waals surface area contributed by atoms with E-state index in [1.54, 1.807) is 24.4 Å². The second-order valence-electron chi connectivity index (χ2n) is 6.06. The molecule has 2 aromatic heterocycles. The molecule has 0 atom stereocenters. The van der Waals surface area contributed by atoms with Gasteiger partial charge in [0.1, 0.15) is 11.5 Å². The number of nitrogens with zero attached hydrogens (tertiary/aromatic N) is 4. The van der Waals surface area contributed by atoms with Crippen molar-refractivity contribution in [3.63, 3.8) is 0 Å². The van der Waals surface area contributed by atoms with Crippen molar-refractivity contribution >= 4 is 5.95 Å². The fourth-order valence-electron chi connectivity index (χ4n) is 2.98. The van der Waals surface area contributed by atoms with E-state index in [1.807, 2.05) is 6.92 Å². The van der Waals surface area contributed by atoms with Crippen LogP contribution in [-0.4, -0.2) is 53.2 Å². The molecule has 1 N–H and O–H groups in total. The first kappa shape index (κ1) is 19.7. The fourth-order valence-corrected chi connectivity index (χ4v) is 2.98. The molecule has 0 spiro atoms. The zero-order valence-corrected chi connectivity index (χ0v) is 15.7. The van der Waals surface area contributed by atoms with Gasteiger partial charge in [-0.15, -0.1) is 0 Å². The van der Waals surface area contributed by atoms with E-state index in [-0.39, 0.29) is 11.2 Å². The number of para-hydroxylation sites is 1. The van der Waals surface area contributed by atoms with Gasteiger partial charge >= 0.3 is 0 Å². The van der Waals surface area contributed by atoms with Crippen molar-refractivity contribution < 1.29 is 13.5 Å². The van der Waals surface area contributed by atoms with Gasteiger partial charge in [-0.25, -0.2) is 19.0 Å². The third-order valence-corrected chi connectivity index (χ3v) is 4.36. The number of rotatable bonds is 3. The maximum absolute atomic E-state index is 14.0. The number of nitrogens with one attached hydrogen (secondary N) is 1. The summed E-state index contributed by atoms with van der Waals surface area (Å²) in [5, 5.41) is 2.95. The standard InChI is InChI=1S/C18H18FN5O2.CH3F/c1-12-13(11-20-18(21-12)23-6-8-26-9-7-23)15-10-17(25)24(22-15)16-5-3-2-4-14(16)19;1-2/h2-5,10-11,22H,6-9H2,1H3;1H3. The van der Waals surface area contributed by atoms with E-state index in [0.717, 1.165) is 18.8 Å². The summed E-state index contributed by atoms with van der Waals surface area (Å²) in [4.78, 5) is 23.3. The van der Waals surface area contributed by atoms with Crippen LogP contribution in [0.3, 0.4) is 0 Å². The number of aromatic amines is 1. The predicted molar refractivity (Wildman–Crippen MR) is 102 cm³/mol. The van der Waals surface area contributed by atoms with Gasteiger partial charge in [0.25, 0.3) is 5.56 Å². The number of benzene rings is 1. The van der Waals surface area contributed by atoms with Crippen molar-refractivity contribution in [2.75, 3.05) is 38.4 Å². The first-order valence-electron chi connectivity index (χ1n) is 8.75. The van der Waals surface area contributed by atoms with Crippen LogP contribution >= 0.6 is 0 Å². The second kappa shape index (κ2) is 8.75. The number of ether oxygens (including phenoxy) is 1. The van der Waals surface area contributed by atoms with Gasteiger partial charge in [0.05, 0.1) is 31.8 Å². The highest BCUT2D eigenvalue weighted by atomic mass is 19.1. The van der Waals surface area contributed by atoms with E-state index >= 15 is 0 Å². The van der Waals surface area contributed by atoms with E-state index in [2.05, 4.69) is 20.0 Å². The predicted octanol–water partition coefficient (Wildman–Crippen LogP) is 2.49. The molecule has 0 unspecified atom stereocenters. The number of aromatic nitrogens is 4. The molecule has 0 radical (unpaired) electrons. The minimum atomic E-state index is -0.473. The molecule has 4 rings (SSSR count). The van der Waals surface area contributed by atoms with Crippen LogP contribution < -0.4 is 10.5 Å². The van der Waals surface area contributed by atoms with Gasteiger partial charge in [-0.3, -0.25) is 14.3 Å². The zero-order valence-electron chi connectivity index (χ0n) is 15.7. The highest BCUT2D eigenvalue weighted by molar-refractivity contribution is 5.61. The van der Waals surface area contributed by atoms with Crippen LogP contribution in [0.4, 0.5) is 14.7 Å². The molecule has 1 aliphatic heterocycles. The minimum Gasteiger partial charge on any atom is -0.378 e. The molecule has 7 nitrogen and oxygen atoms in total. The van der Waals surface area contributed by atoms with E-state index in [4.69, 9.17) is 4.74 Å². The number of anilines is 1. The molecule has 0 amide bonds. The SMILES string of the molecule is CF.Cc1nc(N2CCOCC2)ncc1-c1cc(=O)n(-c2ccccc2F)[nH]1. The Labute approximate surface area is 160 Å². The first-order valence-corrected chi connectivity index (χ1v) is 8.75. The molecule has 148 valence electrons. The van der Waals surface area contributed by atoms with E-state index in [9.17, 15) is 13.6 Å². The van der Waals surface area contributed by atoms with Gasteiger partial charge in [-0.1, -0.05) is 12.1 Å². The molecule has 28 heavy (non-hydrogen) atoms. The van der Waals surface area contributed by atoms with Crippen LogP contribution in [-0.2, 0) is 4.74 Å². The summed E-state index contributed by atoms with van der Waals surface area (Å²) in [5.41, 5.74) is 1.82. The Morgan fingerprint density at radius 1 is 1.18 bits per heavy atom. The average molecular weight is 389 g/mol. The Kier molecular flexibility index (Phi) is 6.15. The zero-order chi connectivity index (χ0) is 20.1. The summed E-state index contributed by atoms with van der Waals surface area (Å²) in [6, 6.07) is 7.54. The van der Waals surface area contributed by atoms with E-state index in [0.29, 0.717) is 37.6 Å². The molecule has 0 saturated carbocycles. The molecule has 0 bridgehead atoms. The largest absolute Gasteiger partial charge is 0.378 e. The second-order valence-corrected chi connectivity index (χ2v) is 6.06. The summed E-state index contributed by atoms with van der Waals surface area (Å²) >= 11 is 0. The van der Waals surface area contributed by atoms with Crippen LogP contribution in [0.15, 0.2) is 41.3 Å². The molecule has 1 aromatic carbocycles. The van der Waals surface area contributed by atoms with Gasteiger partial charge in [-0.05, 0) is 19.1 Å². The van der Waals surface area contributed by atoms with Crippen molar-refractivity contribution in [1.29, 1.82) is 0 Å². The molecule has 3 aromatic rings. The van der Waals surface area contributed by atoms with Crippen molar-refractivity contribution in [2.45, 2.75) is 6.92 Å². The van der Waals surface area contributed by atoms with Gasteiger partial charge in [0.15, 0.2) is 0 Å². The molecular weight excluding hydrogens is 368 g/mol. The Hall–Kier alpha value is -3.07. The molecular formula is C19H21F2N5O2. The number of H-pyrrole nitrogens is 1. The van der Waals surface area contributed by atoms with Crippen molar-refractivity contribution in [3.05, 3.63) is 58.4 Å². The minimum absolute atomic E-state index is 0.173. The quantitative estimate of drug-likeness (QED) is 0.745. The van der Waals surface area contributed by atoms with Crippen LogP contribution in [0.1, 0.15) is 5.69 Å². The number of alkyl halides is 1. The summed E-state index contributed by atoms with van der Waals surface area (Å²) in [5.74, 6) is 0.170. The highest BCUT2D eigenvalue weighted by Crippen LogP contribution is 2.22. The number of morpholine rings is 1. The summed E-state index contributed by atoms with van der Waals surface area (Å²) in [7, 11) is 0.500. The van der Waals surface area contributed by atoms with Crippen molar-refractivity contribution in [3.8, 4) is 16.9 Å². The highest BCUT2D eigenvalue weighted by Gasteiger charge is 2.17. The topological polar surface area (TPSA) is 76.0 Å². The Morgan fingerprint density at radius 2 is 1.89 bits per heavy atom. The number of aryl methyl sites for hydroxylation is 1. The molecule has 1 fully saturated rings. The Bertz CT molecular complexity index is 996. The Balaban J connectivity index is 0.00000109. The van der Waals surface area contributed by atoms with Crippen molar-refractivity contribution in [2.24, 2.45) is 0 Å². The monoisotopic (exact) mass is 389 g/mol. The molecule has 0 aliphatic carbocycles. The lowest BCUT2D eigenvalue weighted by Gasteiger charge is -2.27. The van der Waals surface area contributed by atoms with Crippen LogP contribution in [0.25, 0.3) is 16.9 Å². The lowest BCUT2D eigenvalue weighted by Crippen LogP contribution is -2.37. The molecule has 9 heteroatoms. The fraction of sp³-hybridized carbons (Fsp3) is 0.316.